The molecule has 0 saturated heterocycles. The van der Waals surface area contributed by atoms with Crippen LogP contribution in [0.2, 0.25) is 0 Å². The summed E-state index contributed by atoms with van der Waals surface area (Å²) in [6.07, 6.45) is -15.2. The molecule has 2 nitrogen and oxygen atoms in total. The zero-order valence-electron chi connectivity index (χ0n) is 12.4. The first kappa shape index (κ1) is 25.9. The lowest BCUT2D eigenvalue weighted by Gasteiger charge is -2.40. The molecule has 0 aliphatic heterocycles. The average Bonchev–Trinajstić information content (AvgIpc) is 2.44. The van der Waals surface area contributed by atoms with Crippen LogP contribution >= 0.6 is 0 Å². The molecule has 0 heterocycles. The highest BCUT2D eigenvalue weighted by Crippen LogP contribution is 2.60. The highest BCUT2D eigenvalue weighted by molar-refractivity contribution is 5.10. The lowest BCUT2D eigenvalue weighted by atomic mass is 9.92. The molecule has 0 aromatic rings. The number of hydrogen-bond donors (Lipinski definition) is 0. The Kier molecular flexibility index (Phi) is 6.74. The number of ether oxygens (including phenoxy) is 2. The van der Waals surface area contributed by atoms with Gasteiger partial charge in [-0.15, -0.1) is 13.2 Å². The fourth-order valence-corrected chi connectivity index (χ4v) is 1.39. The molecule has 0 rings (SSSR count). The van der Waals surface area contributed by atoms with E-state index in [-0.39, 0.29) is 0 Å². The smallest absolute Gasteiger partial charge is 0.319 e. The Morgan fingerprint density at radius 3 is 1.26 bits per heavy atom. The van der Waals surface area contributed by atoms with Gasteiger partial charge < -0.3 is 4.74 Å². The van der Waals surface area contributed by atoms with E-state index in [1.165, 1.54) is 0 Å². The zero-order chi connectivity index (χ0) is 22.3. The van der Waals surface area contributed by atoms with Gasteiger partial charge in [0, 0.05) is 13.5 Å². The van der Waals surface area contributed by atoms with Gasteiger partial charge in [0.05, 0.1) is 6.61 Å². The van der Waals surface area contributed by atoms with Crippen LogP contribution < -0.4 is 0 Å². The van der Waals surface area contributed by atoms with E-state index in [1.807, 2.05) is 0 Å². The Morgan fingerprint density at radius 2 is 0.926 bits per heavy atom. The molecule has 27 heavy (non-hydrogen) atoms. The molecule has 0 aliphatic carbocycles. The van der Waals surface area contributed by atoms with Gasteiger partial charge in [0.2, 0.25) is 0 Å². The van der Waals surface area contributed by atoms with Crippen molar-refractivity contribution in [2.45, 2.75) is 48.5 Å². The van der Waals surface area contributed by atoms with Crippen LogP contribution in [0.3, 0.4) is 0 Å². The molecule has 0 spiro atoms. The summed E-state index contributed by atoms with van der Waals surface area (Å²) in [6, 6.07) is 0. The normalized spacial score (nSPS) is 16.0. The molecule has 0 radical (unpaired) electrons. The predicted octanol–water partition coefficient (Wildman–Crippen LogP) is 5.33. The second-order valence-corrected chi connectivity index (χ2v) is 4.77. The molecule has 0 amide bonds. The molecule has 0 bridgehead atoms. The van der Waals surface area contributed by atoms with Gasteiger partial charge in [0.15, 0.2) is 0 Å². The minimum Gasteiger partial charge on any atom is -0.319 e. The average molecular weight is 444 g/mol. The van der Waals surface area contributed by atoms with Gasteiger partial charge in [-0.05, 0) is 0 Å². The van der Waals surface area contributed by atoms with Crippen molar-refractivity contribution in [2.75, 3.05) is 13.7 Å². The Hall–Kier alpha value is -1.13. The maximum atomic E-state index is 13.2. The first-order chi connectivity index (χ1) is 11.5. The van der Waals surface area contributed by atoms with E-state index in [0.717, 1.165) is 0 Å². The summed E-state index contributed by atoms with van der Waals surface area (Å²) in [5, 5.41) is 0. The maximum absolute atomic E-state index is 13.2. The second kappa shape index (κ2) is 7.04. The maximum Gasteiger partial charge on any atom is 0.522 e. The van der Waals surface area contributed by atoms with Crippen molar-refractivity contribution in [3.05, 3.63) is 0 Å². The molecule has 164 valence electrons. The van der Waals surface area contributed by atoms with Gasteiger partial charge in [-0.1, -0.05) is 0 Å². The van der Waals surface area contributed by atoms with E-state index >= 15 is 0 Å². The van der Waals surface area contributed by atoms with Crippen LogP contribution in [0.15, 0.2) is 0 Å². The van der Waals surface area contributed by atoms with Gasteiger partial charge in [0.25, 0.3) is 0 Å². The van der Waals surface area contributed by atoms with Crippen LogP contribution in [-0.4, -0.2) is 55.8 Å². The van der Waals surface area contributed by atoms with Crippen LogP contribution in [0.25, 0.3) is 0 Å². The van der Waals surface area contributed by atoms with Gasteiger partial charge >= 0.3 is 42.1 Å². The molecular weight excluding hydrogens is 437 g/mol. The standard InChI is InChI=1S/C10H7F15O2/c1-26-9(21,22)8(19,20)7(17,18)6(15,16)5(13,14)4(11,12)2-3-27-10(23,24)25/h2-3H2,1H3. The highest BCUT2D eigenvalue weighted by Gasteiger charge is 2.90. The molecule has 0 aliphatic rings. The summed E-state index contributed by atoms with van der Waals surface area (Å²) in [4.78, 5) is 0. The van der Waals surface area contributed by atoms with Crippen LogP contribution in [0.5, 0.6) is 0 Å². The van der Waals surface area contributed by atoms with Crippen LogP contribution in [0, 0.1) is 0 Å². The van der Waals surface area contributed by atoms with Gasteiger partial charge in [-0.2, -0.15) is 52.7 Å². The molecule has 0 aromatic heterocycles. The molecule has 0 atom stereocenters. The number of halogens is 15. The van der Waals surface area contributed by atoms with Crippen molar-refractivity contribution in [3.63, 3.8) is 0 Å². The van der Waals surface area contributed by atoms with Crippen molar-refractivity contribution in [3.8, 4) is 0 Å². The Morgan fingerprint density at radius 1 is 0.556 bits per heavy atom. The van der Waals surface area contributed by atoms with Crippen LogP contribution in [-0.2, 0) is 9.47 Å². The fraction of sp³-hybridized carbons (Fsp3) is 1.00. The lowest BCUT2D eigenvalue weighted by molar-refractivity contribution is -0.455. The van der Waals surface area contributed by atoms with Crippen LogP contribution in [0.1, 0.15) is 6.42 Å². The van der Waals surface area contributed by atoms with Gasteiger partial charge in [-0.3, -0.25) is 4.74 Å². The molecular formula is C10H7F15O2. The third-order valence-corrected chi connectivity index (χ3v) is 2.95. The Bertz CT molecular complexity index is 509. The summed E-state index contributed by atoms with van der Waals surface area (Å²) in [7, 11) is -0.413. The summed E-state index contributed by atoms with van der Waals surface area (Å²) in [5.41, 5.74) is 0. The summed E-state index contributed by atoms with van der Waals surface area (Å²) >= 11 is 0. The SMILES string of the molecule is COC(F)(F)C(F)(F)C(F)(F)C(F)(F)C(F)(F)C(F)(F)CCOC(F)(F)F. The van der Waals surface area contributed by atoms with Crippen LogP contribution in [0.4, 0.5) is 65.9 Å². The van der Waals surface area contributed by atoms with Crippen molar-refractivity contribution in [1.29, 1.82) is 0 Å². The first-order valence-electron chi connectivity index (χ1n) is 6.04. The summed E-state index contributed by atoms with van der Waals surface area (Å²) < 4.78 is 196. The van der Waals surface area contributed by atoms with E-state index in [0.29, 0.717) is 0 Å². The lowest BCUT2D eigenvalue weighted by Crippen LogP contribution is -2.70. The van der Waals surface area contributed by atoms with Crippen molar-refractivity contribution in [1.82, 2.24) is 0 Å². The third-order valence-electron chi connectivity index (χ3n) is 2.95. The number of hydrogen-bond acceptors (Lipinski definition) is 2. The van der Waals surface area contributed by atoms with Crippen molar-refractivity contribution >= 4 is 0 Å². The van der Waals surface area contributed by atoms with E-state index in [1.54, 1.807) is 0 Å². The minimum absolute atomic E-state index is 0.413. The summed E-state index contributed by atoms with van der Waals surface area (Å²) in [6.45, 7) is -2.47. The number of alkyl halides is 15. The van der Waals surface area contributed by atoms with Gasteiger partial charge in [0.1, 0.15) is 0 Å². The van der Waals surface area contributed by atoms with Gasteiger partial charge in [-0.25, -0.2) is 0 Å². The molecule has 0 saturated carbocycles. The van der Waals surface area contributed by atoms with Crippen molar-refractivity contribution < 1.29 is 75.3 Å². The summed E-state index contributed by atoms with van der Waals surface area (Å²) in [5.74, 6) is -37.2. The largest absolute Gasteiger partial charge is 0.522 e. The number of rotatable bonds is 9. The quantitative estimate of drug-likeness (QED) is 0.448. The minimum atomic E-state index is -7.87. The molecule has 17 heteroatoms. The highest BCUT2D eigenvalue weighted by atomic mass is 19.4. The van der Waals surface area contributed by atoms with Crippen molar-refractivity contribution in [2.24, 2.45) is 0 Å². The number of methoxy groups -OCH3 is 1. The molecule has 0 N–H and O–H groups in total. The molecule has 0 aromatic carbocycles. The predicted molar refractivity (Wildman–Crippen MR) is 53.3 cm³/mol. The third kappa shape index (κ3) is 4.32. The molecule has 0 fully saturated rings. The monoisotopic (exact) mass is 444 g/mol. The topological polar surface area (TPSA) is 18.5 Å². The van der Waals surface area contributed by atoms with E-state index in [4.69, 9.17) is 0 Å². The Balaban J connectivity index is 5.93. The first-order valence-corrected chi connectivity index (χ1v) is 6.04. The fourth-order valence-electron chi connectivity index (χ4n) is 1.39. The zero-order valence-corrected chi connectivity index (χ0v) is 12.4. The molecule has 0 unspecified atom stereocenters. The van der Waals surface area contributed by atoms with E-state index in [9.17, 15) is 65.9 Å². The van der Waals surface area contributed by atoms with E-state index in [2.05, 4.69) is 9.47 Å². The second-order valence-electron chi connectivity index (χ2n) is 4.77. The van der Waals surface area contributed by atoms with E-state index < -0.39 is 62.2 Å². The Labute approximate surface area is 139 Å².